The highest BCUT2D eigenvalue weighted by molar-refractivity contribution is 7.95. The molecule has 1 unspecified atom stereocenters. The van der Waals surface area contributed by atoms with Crippen molar-refractivity contribution in [2.75, 3.05) is 13.3 Å². The maximum absolute atomic E-state index is 12.5. The van der Waals surface area contributed by atoms with E-state index in [9.17, 15) is 14.7 Å². The summed E-state index contributed by atoms with van der Waals surface area (Å²) in [5.41, 5.74) is 0.721. The average molecular weight is 370 g/mol. The standard InChI is InChI=1S/C16H17ClNO5P/c1-4-24(17,21)16-10-12(6-7-13(16)18(19)20)23-14-8-5-11(2)9-15(14)22-3/h5-10H,4H2,1-3H3. The van der Waals surface area contributed by atoms with Gasteiger partial charge >= 0.3 is 0 Å². The molecule has 0 spiro atoms. The Labute approximate surface area is 144 Å². The van der Waals surface area contributed by atoms with Crippen LogP contribution in [-0.4, -0.2) is 18.2 Å². The Morgan fingerprint density at radius 1 is 1.21 bits per heavy atom. The van der Waals surface area contributed by atoms with Crippen molar-refractivity contribution in [3.63, 3.8) is 0 Å². The van der Waals surface area contributed by atoms with E-state index in [0.717, 1.165) is 5.56 Å². The Bertz CT molecular complexity index is 824. The molecular weight excluding hydrogens is 353 g/mol. The molecule has 8 heteroatoms. The molecular formula is C16H17ClNO5P. The smallest absolute Gasteiger partial charge is 0.281 e. The van der Waals surface area contributed by atoms with Gasteiger partial charge in [-0.25, -0.2) is 0 Å². The second-order valence-electron chi connectivity index (χ2n) is 5.13. The zero-order chi connectivity index (χ0) is 17.9. The number of hydrogen-bond acceptors (Lipinski definition) is 5. The number of nitrogens with zero attached hydrogens (tertiary/aromatic N) is 1. The molecule has 2 aromatic rings. The van der Waals surface area contributed by atoms with Crippen LogP contribution in [0.4, 0.5) is 5.69 Å². The molecule has 2 rings (SSSR count). The minimum absolute atomic E-state index is 0.0137. The van der Waals surface area contributed by atoms with E-state index in [1.165, 1.54) is 25.3 Å². The van der Waals surface area contributed by atoms with Crippen molar-refractivity contribution in [3.8, 4) is 17.2 Å². The normalized spacial score (nSPS) is 13.2. The first-order chi connectivity index (χ1) is 11.3. The topological polar surface area (TPSA) is 78.7 Å². The van der Waals surface area contributed by atoms with Gasteiger partial charge < -0.3 is 14.0 Å². The van der Waals surface area contributed by atoms with Gasteiger partial charge in [-0.2, -0.15) is 0 Å². The van der Waals surface area contributed by atoms with Crippen LogP contribution in [0.5, 0.6) is 17.2 Å². The molecule has 128 valence electrons. The van der Waals surface area contributed by atoms with Gasteiger partial charge in [0.15, 0.2) is 11.5 Å². The molecule has 0 aliphatic rings. The van der Waals surface area contributed by atoms with Gasteiger partial charge in [-0.1, -0.05) is 13.0 Å². The Hall–Kier alpha value is -2.04. The highest BCUT2D eigenvalue weighted by Gasteiger charge is 2.29. The van der Waals surface area contributed by atoms with E-state index < -0.39 is 11.4 Å². The number of nitro groups is 1. The first kappa shape index (κ1) is 18.3. The molecule has 0 amide bonds. The third-order valence-electron chi connectivity index (χ3n) is 3.46. The molecule has 0 aliphatic carbocycles. The van der Waals surface area contributed by atoms with Crippen LogP contribution >= 0.6 is 17.7 Å². The fraction of sp³-hybridized carbons (Fsp3) is 0.250. The molecule has 1 atom stereocenters. The lowest BCUT2D eigenvalue weighted by atomic mass is 10.2. The maximum atomic E-state index is 12.5. The van der Waals surface area contributed by atoms with Gasteiger partial charge in [0.05, 0.1) is 12.0 Å². The minimum atomic E-state index is -3.36. The van der Waals surface area contributed by atoms with Crippen LogP contribution < -0.4 is 14.8 Å². The lowest BCUT2D eigenvalue weighted by Gasteiger charge is -2.13. The Kier molecular flexibility index (Phi) is 5.52. The van der Waals surface area contributed by atoms with Crippen molar-refractivity contribution in [2.45, 2.75) is 13.8 Å². The monoisotopic (exact) mass is 369 g/mol. The molecule has 0 fully saturated rings. The minimum Gasteiger partial charge on any atom is -0.493 e. The van der Waals surface area contributed by atoms with Crippen LogP contribution in [0.2, 0.25) is 0 Å². The molecule has 0 bridgehead atoms. The Morgan fingerprint density at radius 3 is 2.50 bits per heavy atom. The zero-order valence-corrected chi connectivity index (χ0v) is 15.1. The van der Waals surface area contributed by atoms with Gasteiger partial charge in [0.1, 0.15) is 11.1 Å². The summed E-state index contributed by atoms with van der Waals surface area (Å²) in [6.45, 7) is 0.181. The van der Waals surface area contributed by atoms with E-state index in [-0.39, 0.29) is 17.2 Å². The van der Waals surface area contributed by atoms with E-state index in [2.05, 4.69) is 0 Å². The summed E-state index contributed by atoms with van der Waals surface area (Å²) in [5, 5.41) is 11.1. The molecule has 0 saturated carbocycles. The molecule has 24 heavy (non-hydrogen) atoms. The third-order valence-corrected chi connectivity index (χ3v) is 6.61. The van der Waals surface area contributed by atoms with Gasteiger partial charge in [0.2, 0.25) is 6.49 Å². The molecule has 0 heterocycles. The number of aryl methyl sites for hydroxylation is 1. The second-order valence-corrected chi connectivity index (χ2v) is 9.19. The van der Waals surface area contributed by atoms with E-state index >= 15 is 0 Å². The second kappa shape index (κ2) is 7.24. The predicted molar refractivity (Wildman–Crippen MR) is 94.5 cm³/mol. The summed E-state index contributed by atoms with van der Waals surface area (Å²) < 4.78 is 23.5. The predicted octanol–water partition coefficient (Wildman–Crippen LogP) is 4.87. The first-order valence-electron chi connectivity index (χ1n) is 7.18. The maximum Gasteiger partial charge on any atom is 0.281 e. The number of hydrogen-bond donors (Lipinski definition) is 0. The van der Waals surface area contributed by atoms with Gasteiger partial charge in [-0.05, 0) is 48.0 Å². The molecule has 0 aliphatic heterocycles. The molecule has 0 radical (unpaired) electrons. The molecule has 6 nitrogen and oxygen atoms in total. The van der Waals surface area contributed by atoms with Crippen LogP contribution in [0.3, 0.4) is 0 Å². The van der Waals surface area contributed by atoms with Crippen LogP contribution in [-0.2, 0) is 4.57 Å². The quantitative estimate of drug-likeness (QED) is 0.412. The van der Waals surface area contributed by atoms with E-state index in [1.54, 1.807) is 19.1 Å². The fourth-order valence-electron chi connectivity index (χ4n) is 2.15. The van der Waals surface area contributed by atoms with E-state index in [1.807, 2.05) is 13.0 Å². The number of nitro benzene ring substituents is 1. The number of halogens is 1. The highest BCUT2D eigenvalue weighted by atomic mass is 35.7. The van der Waals surface area contributed by atoms with Crippen LogP contribution in [0, 0.1) is 17.0 Å². The molecule has 0 aromatic heterocycles. The van der Waals surface area contributed by atoms with Gasteiger partial charge in [0.25, 0.3) is 5.69 Å². The number of benzene rings is 2. The number of methoxy groups -OCH3 is 1. The van der Waals surface area contributed by atoms with Gasteiger partial charge in [0, 0.05) is 12.2 Å². The Morgan fingerprint density at radius 2 is 1.92 bits per heavy atom. The Balaban J connectivity index is 2.48. The number of ether oxygens (including phenoxy) is 2. The molecule has 0 saturated heterocycles. The fourth-order valence-corrected chi connectivity index (χ4v) is 3.71. The summed E-state index contributed by atoms with van der Waals surface area (Å²) >= 11 is 6.02. The van der Waals surface area contributed by atoms with E-state index in [0.29, 0.717) is 17.2 Å². The lowest BCUT2D eigenvalue weighted by Crippen LogP contribution is -2.10. The van der Waals surface area contributed by atoms with Crippen molar-refractivity contribution in [2.24, 2.45) is 0 Å². The van der Waals surface area contributed by atoms with Crippen molar-refractivity contribution >= 4 is 28.7 Å². The van der Waals surface area contributed by atoms with Crippen LogP contribution in [0.1, 0.15) is 12.5 Å². The largest absolute Gasteiger partial charge is 0.493 e. The zero-order valence-electron chi connectivity index (χ0n) is 13.5. The summed E-state index contributed by atoms with van der Waals surface area (Å²) in [4.78, 5) is 10.6. The highest BCUT2D eigenvalue weighted by Crippen LogP contribution is 2.52. The summed E-state index contributed by atoms with van der Waals surface area (Å²) in [6, 6.07) is 9.43. The van der Waals surface area contributed by atoms with Crippen LogP contribution in [0.15, 0.2) is 36.4 Å². The van der Waals surface area contributed by atoms with Crippen molar-refractivity contribution in [1.82, 2.24) is 0 Å². The average Bonchev–Trinajstić information content (AvgIpc) is 2.56. The third kappa shape index (κ3) is 3.89. The van der Waals surface area contributed by atoms with Crippen LogP contribution in [0.25, 0.3) is 0 Å². The van der Waals surface area contributed by atoms with Gasteiger partial charge in [-0.3, -0.25) is 10.1 Å². The molecule has 0 N–H and O–H groups in total. The lowest BCUT2D eigenvalue weighted by molar-refractivity contribution is -0.383. The van der Waals surface area contributed by atoms with Crippen molar-refractivity contribution < 1.29 is 19.0 Å². The van der Waals surface area contributed by atoms with Crippen molar-refractivity contribution in [1.29, 1.82) is 0 Å². The summed E-state index contributed by atoms with van der Waals surface area (Å²) in [6.07, 6.45) is 0.104. The van der Waals surface area contributed by atoms with Crippen molar-refractivity contribution in [3.05, 3.63) is 52.1 Å². The molecule has 2 aromatic carbocycles. The summed E-state index contributed by atoms with van der Waals surface area (Å²) in [5.74, 6) is 1.27. The summed E-state index contributed by atoms with van der Waals surface area (Å²) in [7, 11) is 1.52. The van der Waals surface area contributed by atoms with E-state index in [4.69, 9.17) is 20.7 Å². The SMILES string of the molecule is CCP(=O)(Cl)c1cc(Oc2ccc(C)cc2OC)ccc1[N+](=O)[O-]. The number of rotatable bonds is 6. The first-order valence-corrected chi connectivity index (χ1v) is 9.98. The van der Waals surface area contributed by atoms with Gasteiger partial charge in [-0.15, -0.1) is 0 Å².